The standard InChI is InChI=1S/C18H19FN4OS.HI/c1-20-18(22-10-14-13(19)6-4-8-21-14)23-11-15(24)17-9-12-5-2-3-7-16(12)25-17;/h2-9,15,24H,10-11H2,1H3,(H2,20,22,23);1H. The van der Waals surface area contributed by atoms with Gasteiger partial charge in [-0.05, 0) is 29.7 Å². The first-order chi connectivity index (χ1) is 12.2. The third kappa shape index (κ3) is 5.12. The van der Waals surface area contributed by atoms with Crippen LogP contribution in [-0.4, -0.2) is 29.6 Å². The van der Waals surface area contributed by atoms with Gasteiger partial charge in [-0.15, -0.1) is 35.3 Å². The lowest BCUT2D eigenvalue weighted by Gasteiger charge is -2.14. The van der Waals surface area contributed by atoms with Crippen molar-refractivity contribution in [2.45, 2.75) is 12.6 Å². The summed E-state index contributed by atoms with van der Waals surface area (Å²) in [6, 6.07) is 12.9. The van der Waals surface area contributed by atoms with Crippen molar-refractivity contribution in [3.8, 4) is 0 Å². The van der Waals surface area contributed by atoms with Gasteiger partial charge in [-0.25, -0.2) is 4.39 Å². The van der Waals surface area contributed by atoms with E-state index < -0.39 is 6.10 Å². The maximum atomic E-state index is 13.6. The van der Waals surface area contributed by atoms with Crippen molar-refractivity contribution in [2.75, 3.05) is 13.6 Å². The summed E-state index contributed by atoms with van der Waals surface area (Å²) in [6.45, 7) is 0.516. The topological polar surface area (TPSA) is 69.5 Å². The summed E-state index contributed by atoms with van der Waals surface area (Å²) in [4.78, 5) is 8.95. The van der Waals surface area contributed by atoms with Crippen molar-refractivity contribution in [3.05, 3.63) is 65.0 Å². The number of guanidine groups is 1. The largest absolute Gasteiger partial charge is 0.386 e. The van der Waals surface area contributed by atoms with Gasteiger partial charge in [0.25, 0.3) is 0 Å². The molecule has 0 saturated heterocycles. The molecule has 1 unspecified atom stereocenters. The van der Waals surface area contributed by atoms with Gasteiger partial charge in [-0.3, -0.25) is 9.98 Å². The van der Waals surface area contributed by atoms with Crippen LogP contribution in [0.15, 0.2) is 53.7 Å². The molecule has 8 heteroatoms. The fraction of sp³-hybridized carbons (Fsp3) is 0.222. The highest BCUT2D eigenvalue weighted by Gasteiger charge is 2.12. The average Bonchev–Trinajstić information content (AvgIpc) is 3.07. The van der Waals surface area contributed by atoms with E-state index in [-0.39, 0.29) is 36.3 Å². The lowest BCUT2D eigenvalue weighted by Crippen LogP contribution is -2.39. The first kappa shape index (κ1) is 20.5. The van der Waals surface area contributed by atoms with E-state index in [1.54, 1.807) is 30.6 Å². The number of nitrogens with zero attached hydrogens (tertiary/aromatic N) is 2. The molecule has 5 nitrogen and oxygen atoms in total. The third-order valence-corrected chi connectivity index (χ3v) is 4.93. The molecule has 0 fully saturated rings. The molecule has 0 amide bonds. The lowest BCUT2D eigenvalue weighted by molar-refractivity contribution is 0.184. The predicted octanol–water partition coefficient (Wildman–Crippen LogP) is 3.45. The summed E-state index contributed by atoms with van der Waals surface area (Å²) in [7, 11) is 1.62. The van der Waals surface area contributed by atoms with E-state index in [2.05, 4.69) is 20.6 Å². The van der Waals surface area contributed by atoms with Crippen molar-refractivity contribution < 1.29 is 9.50 Å². The van der Waals surface area contributed by atoms with Gasteiger partial charge in [-0.2, -0.15) is 0 Å². The summed E-state index contributed by atoms with van der Waals surface area (Å²) < 4.78 is 14.7. The van der Waals surface area contributed by atoms with Crippen LogP contribution in [0.5, 0.6) is 0 Å². The minimum absolute atomic E-state index is 0. The molecular weight excluding hydrogens is 466 g/mol. The van der Waals surface area contributed by atoms with Crippen molar-refractivity contribution >= 4 is 51.4 Å². The molecule has 2 aromatic heterocycles. The Hall–Kier alpha value is -1.78. The predicted molar refractivity (Wildman–Crippen MR) is 115 cm³/mol. The summed E-state index contributed by atoms with van der Waals surface area (Å²) in [5.41, 5.74) is 0.315. The van der Waals surface area contributed by atoms with Crippen LogP contribution in [0.4, 0.5) is 4.39 Å². The number of halogens is 2. The first-order valence-electron chi connectivity index (χ1n) is 7.88. The van der Waals surface area contributed by atoms with Crippen LogP contribution in [0, 0.1) is 5.82 Å². The molecule has 138 valence electrons. The Morgan fingerprint density at radius 1 is 1.27 bits per heavy atom. The highest BCUT2D eigenvalue weighted by Crippen LogP contribution is 2.29. The van der Waals surface area contributed by atoms with Crippen LogP contribution in [0.2, 0.25) is 0 Å². The second kappa shape index (κ2) is 9.79. The number of pyridine rings is 1. The first-order valence-corrected chi connectivity index (χ1v) is 8.69. The van der Waals surface area contributed by atoms with Crippen LogP contribution >= 0.6 is 35.3 Å². The molecule has 0 bridgehead atoms. The minimum Gasteiger partial charge on any atom is -0.386 e. The van der Waals surface area contributed by atoms with Gasteiger partial charge in [0, 0.05) is 29.4 Å². The van der Waals surface area contributed by atoms with E-state index >= 15 is 0 Å². The average molecular weight is 486 g/mol. The smallest absolute Gasteiger partial charge is 0.191 e. The summed E-state index contributed by atoms with van der Waals surface area (Å²) in [5.74, 6) is 0.112. The molecule has 0 spiro atoms. The van der Waals surface area contributed by atoms with Crippen molar-refractivity contribution in [2.24, 2.45) is 4.99 Å². The zero-order valence-corrected chi connectivity index (χ0v) is 17.3. The Morgan fingerprint density at radius 3 is 2.81 bits per heavy atom. The number of aliphatic hydroxyl groups is 1. The quantitative estimate of drug-likeness (QED) is 0.294. The number of hydrogen-bond donors (Lipinski definition) is 3. The molecule has 0 aliphatic carbocycles. The SMILES string of the molecule is CN=C(NCc1ncccc1F)NCC(O)c1cc2ccccc2s1.I. The van der Waals surface area contributed by atoms with E-state index in [4.69, 9.17) is 0 Å². The molecule has 1 atom stereocenters. The van der Waals surface area contributed by atoms with E-state index in [0.29, 0.717) is 18.2 Å². The molecule has 3 aromatic rings. The lowest BCUT2D eigenvalue weighted by atomic mass is 10.2. The van der Waals surface area contributed by atoms with E-state index in [1.165, 1.54) is 6.07 Å². The normalized spacial score (nSPS) is 12.5. The highest BCUT2D eigenvalue weighted by atomic mass is 127. The second-order valence-electron chi connectivity index (χ2n) is 5.44. The zero-order chi connectivity index (χ0) is 17.6. The van der Waals surface area contributed by atoms with E-state index in [0.717, 1.165) is 15.0 Å². The Balaban J connectivity index is 0.00000243. The molecule has 2 heterocycles. The van der Waals surface area contributed by atoms with Crippen LogP contribution < -0.4 is 10.6 Å². The van der Waals surface area contributed by atoms with E-state index in [1.807, 2.05) is 30.3 Å². The highest BCUT2D eigenvalue weighted by molar-refractivity contribution is 14.0. The molecule has 1 aromatic carbocycles. The number of nitrogens with one attached hydrogen (secondary N) is 2. The third-order valence-electron chi connectivity index (χ3n) is 3.72. The van der Waals surface area contributed by atoms with Crippen LogP contribution in [0.3, 0.4) is 0 Å². The summed E-state index contributed by atoms with van der Waals surface area (Å²) in [5, 5.41) is 17.5. The zero-order valence-electron chi connectivity index (χ0n) is 14.1. The Labute approximate surface area is 172 Å². The van der Waals surface area contributed by atoms with Gasteiger partial charge in [0.05, 0.1) is 12.2 Å². The number of fused-ring (bicyclic) bond motifs is 1. The number of hydrogen-bond acceptors (Lipinski definition) is 4. The second-order valence-corrected chi connectivity index (χ2v) is 6.56. The molecule has 0 aliphatic rings. The minimum atomic E-state index is -0.650. The molecule has 0 saturated carbocycles. The van der Waals surface area contributed by atoms with Gasteiger partial charge < -0.3 is 15.7 Å². The Bertz CT molecular complexity index is 853. The number of benzene rings is 1. The maximum Gasteiger partial charge on any atom is 0.191 e. The molecule has 3 rings (SSSR count). The van der Waals surface area contributed by atoms with Gasteiger partial charge in [0.1, 0.15) is 11.9 Å². The van der Waals surface area contributed by atoms with Crippen molar-refractivity contribution in [3.63, 3.8) is 0 Å². The van der Waals surface area contributed by atoms with Gasteiger partial charge >= 0.3 is 0 Å². The number of aliphatic imine (C=N–C) groups is 1. The number of rotatable bonds is 5. The molecular formula is C18H20FIN4OS. The monoisotopic (exact) mass is 486 g/mol. The van der Waals surface area contributed by atoms with Crippen LogP contribution in [0.1, 0.15) is 16.7 Å². The van der Waals surface area contributed by atoms with Gasteiger partial charge in [0.15, 0.2) is 5.96 Å². The number of thiophene rings is 1. The number of aliphatic hydroxyl groups excluding tert-OH is 1. The molecule has 0 radical (unpaired) electrons. The maximum absolute atomic E-state index is 13.6. The Morgan fingerprint density at radius 2 is 2.08 bits per heavy atom. The number of aromatic nitrogens is 1. The summed E-state index contributed by atoms with van der Waals surface area (Å²) >= 11 is 1.57. The van der Waals surface area contributed by atoms with Gasteiger partial charge in [0.2, 0.25) is 0 Å². The summed E-state index contributed by atoms with van der Waals surface area (Å²) in [6.07, 6.45) is 0.893. The fourth-order valence-electron chi connectivity index (χ4n) is 2.40. The molecule has 3 N–H and O–H groups in total. The van der Waals surface area contributed by atoms with Crippen LogP contribution in [-0.2, 0) is 6.54 Å². The van der Waals surface area contributed by atoms with Crippen molar-refractivity contribution in [1.29, 1.82) is 0 Å². The van der Waals surface area contributed by atoms with Gasteiger partial charge in [-0.1, -0.05) is 18.2 Å². The van der Waals surface area contributed by atoms with E-state index in [9.17, 15) is 9.50 Å². The molecule has 26 heavy (non-hydrogen) atoms. The Kier molecular flexibility index (Phi) is 7.73. The van der Waals surface area contributed by atoms with Crippen LogP contribution in [0.25, 0.3) is 10.1 Å². The van der Waals surface area contributed by atoms with Crippen molar-refractivity contribution in [1.82, 2.24) is 15.6 Å². The molecule has 0 aliphatic heterocycles. The fourth-order valence-corrected chi connectivity index (χ4v) is 3.45.